The number of hydrogen-bond acceptors (Lipinski definition) is 3. The number of aryl methyl sites for hydroxylation is 1. The average molecular weight is 380 g/mol. The van der Waals surface area contributed by atoms with Gasteiger partial charge in [-0.25, -0.2) is 0 Å². The third-order valence-corrected chi connectivity index (χ3v) is 5.93. The first-order valence-electron chi connectivity index (χ1n) is 9.80. The van der Waals surface area contributed by atoms with E-state index in [-0.39, 0.29) is 23.2 Å². The highest BCUT2D eigenvalue weighted by molar-refractivity contribution is 6.13. The van der Waals surface area contributed by atoms with E-state index in [4.69, 9.17) is 0 Å². The van der Waals surface area contributed by atoms with Crippen molar-refractivity contribution in [3.05, 3.63) is 106 Å². The van der Waals surface area contributed by atoms with Crippen LogP contribution in [0.5, 0.6) is 11.5 Å². The number of benzene rings is 4. The zero-order chi connectivity index (χ0) is 20.1. The highest BCUT2D eigenvalue weighted by atomic mass is 16.3. The van der Waals surface area contributed by atoms with Crippen molar-refractivity contribution >= 4 is 16.6 Å². The van der Waals surface area contributed by atoms with E-state index in [2.05, 4.69) is 13.0 Å². The molecule has 0 spiro atoms. The molecule has 3 heteroatoms. The molecule has 1 unspecified atom stereocenters. The fourth-order valence-corrected chi connectivity index (χ4v) is 4.46. The zero-order valence-corrected chi connectivity index (χ0v) is 16.0. The van der Waals surface area contributed by atoms with Gasteiger partial charge in [0.2, 0.25) is 0 Å². The number of ketones is 1. The molecule has 0 aromatic heterocycles. The molecular weight excluding hydrogens is 360 g/mol. The molecule has 142 valence electrons. The third-order valence-electron chi connectivity index (χ3n) is 5.93. The Hall–Kier alpha value is -3.59. The Morgan fingerprint density at radius 2 is 1.45 bits per heavy atom. The molecule has 0 bridgehead atoms. The van der Waals surface area contributed by atoms with Gasteiger partial charge >= 0.3 is 0 Å². The molecule has 0 fully saturated rings. The number of phenolic OH excluding ortho intramolecular Hbond substituents is 2. The van der Waals surface area contributed by atoms with E-state index in [1.165, 1.54) is 0 Å². The van der Waals surface area contributed by atoms with Gasteiger partial charge in [-0.15, -0.1) is 0 Å². The van der Waals surface area contributed by atoms with Crippen LogP contribution in [0.15, 0.2) is 72.8 Å². The van der Waals surface area contributed by atoms with Gasteiger partial charge in [-0.05, 0) is 29.2 Å². The minimum atomic E-state index is -0.332. The Balaban J connectivity index is 1.87. The quantitative estimate of drug-likeness (QED) is 0.396. The lowest BCUT2D eigenvalue weighted by atomic mass is 9.73. The molecule has 4 aromatic rings. The number of phenols is 2. The zero-order valence-electron chi connectivity index (χ0n) is 16.0. The van der Waals surface area contributed by atoms with Crippen LogP contribution in [0.2, 0.25) is 0 Å². The lowest BCUT2D eigenvalue weighted by molar-refractivity contribution is 0.103. The van der Waals surface area contributed by atoms with Crippen molar-refractivity contribution in [1.29, 1.82) is 0 Å². The predicted octanol–water partition coefficient (Wildman–Crippen LogP) is 5.54. The molecule has 0 saturated heterocycles. The van der Waals surface area contributed by atoms with Crippen molar-refractivity contribution < 1.29 is 15.0 Å². The van der Waals surface area contributed by atoms with E-state index in [9.17, 15) is 15.0 Å². The Morgan fingerprint density at radius 3 is 2.24 bits per heavy atom. The second-order valence-corrected chi connectivity index (χ2v) is 7.50. The summed E-state index contributed by atoms with van der Waals surface area (Å²) < 4.78 is 0. The molecule has 1 aliphatic carbocycles. The maximum Gasteiger partial charge on any atom is 0.193 e. The summed E-state index contributed by atoms with van der Waals surface area (Å²) >= 11 is 0. The minimum Gasteiger partial charge on any atom is -0.507 e. The van der Waals surface area contributed by atoms with E-state index in [0.717, 1.165) is 23.1 Å². The molecular formula is C26H20O3. The van der Waals surface area contributed by atoms with Crippen LogP contribution in [0.1, 0.15) is 51.0 Å². The fourth-order valence-electron chi connectivity index (χ4n) is 4.46. The summed E-state index contributed by atoms with van der Waals surface area (Å²) in [6, 6.07) is 22.4. The van der Waals surface area contributed by atoms with Crippen LogP contribution in [0.25, 0.3) is 10.8 Å². The van der Waals surface area contributed by atoms with Gasteiger partial charge in [-0.1, -0.05) is 73.7 Å². The number of carbonyl (C=O) groups excluding carboxylic acids is 1. The lowest BCUT2D eigenvalue weighted by Crippen LogP contribution is -2.20. The van der Waals surface area contributed by atoms with Crippen LogP contribution in [0.3, 0.4) is 0 Å². The summed E-state index contributed by atoms with van der Waals surface area (Å²) in [5.74, 6) is -0.0729. The molecule has 2 N–H and O–H groups in total. The van der Waals surface area contributed by atoms with Crippen LogP contribution in [-0.2, 0) is 6.42 Å². The molecule has 29 heavy (non-hydrogen) atoms. The number of carbonyl (C=O) groups is 1. The first-order valence-corrected chi connectivity index (χ1v) is 9.80. The van der Waals surface area contributed by atoms with Gasteiger partial charge in [0.25, 0.3) is 0 Å². The molecule has 0 saturated carbocycles. The van der Waals surface area contributed by atoms with Crippen molar-refractivity contribution in [2.75, 3.05) is 0 Å². The van der Waals surface area contributed by atoms with Crippen LogP contribution in [0.4, 0.5) is 0 Å². The molecule has 1 atom stereocenters. The third kappa shape index (κ3) is 2.54. The first-order chi connectivity index (χ1) is 14.1. The average Bonchev–Trinajstić information content (AvgIpc) is 2.77. The summed E-state index contributed by atoms with van der Waals surface area (Å²) in [4.78, 5) is 13.1. The summed E-state index contributed by atoms with van der Waals surface area (Å²) in [7, 11) is 0. The van der Waals surface area contributed by atoms with Gasteiger partial charge in [0.05, 0.1) is 0 Å². The number of hydrogen-bond donors (Lipinski definition) is 2. The molecule has 0 heterocycles. The molecule has 4 aromatic carbocycles. The largest absolute Gasteiger partial charge is 0.507 e. The van der Waals surface area contributed by atoms with Crippen molar-refractivity contribution in [1.82, 2.24) is 0 Å². The summed E-state index contributed by atoms with van der Waals surface area (Å²) in [6.45, 7) is 2.08. The van der Waals surface area contributed by atoms with Gasteiger partial charge < -0.3 is 10.2 Å². The Morgan fingerprint density at radius 1 is 0.759 bits per heavy atom. The second-order valence-electron chi connectivity index (χ2n) is 7.50. The van der Waals surface area contributed by atoms with Gasteiger partial charge in [-0.3, -0.25) is 4.79 Å². The number of aromatic hydroxyl groups is 2. The van der Waals surface area contributed by atoms with Gasteiger partial charge in [0.1, 0.15) is 11.5 Å². The molecule has 0 aliphatic heterocycles. The van der Waals surface area contributed by atoms with E-state index in [1.807, 2.05) is 48.5 Å². The fraction of sp³-hybridized carbons (Fsp3) is 0.115. The van der Waals surface area contributed by atoms with E-state index >= 15 is 0 Å². The van der Waals surface area contributed by atoms with Gasteiger partial charge in [0.15, 0.2) is 5.78 Å². The van der Waals surface area contributed by atoms with Crippen LogP contribution < -0.4 is 0 Å². The maximum absolute atomic E-state index is 13.1. The smallest absolute Gasteiger partial charge is 0.193 e. The monoisotopic (exact) mass is 380 g/mol. The van der Waals surface area contributed by atoms with E-state index in [0.29, 0.717) is 27.5 Å². The minimum absolute atomic E-state index is 0.000922. The lowest BCUT2D eigenvalue weighted by Gasteiger charge is -2.29. The van der Waals surface area contributed by atoms with Crippen molar-refractivity contribution in [3.8, 4) is 11.5 Å². The molecule has 1 aliphatic rings. The molecule has 0 radical (unpaired) electrons. The highest BCUT2D eigenvalue weighted by Crippen LogP contribution is 2.47. The summed E-state index contributed by atoms with van der Waals surface area (Å²) in [5, 5.41) is 23.1. The number of fused-ring (bicyclic) bond motifs is 3. The normalized spacial score (nSPS) is 15.2. The van der Waals surface area contributed by atoms with Gasteiger partial charge in [0, 0.05) is 33.4 Å². The Bertz CT molecular complexity index is 1290. The highest BCUT2D eigenvalue weighted by Gasteiger charge is 2.34. The van der Waals surface area contributed by atoms with Crippen molar-refractivity contribution in [2.45, 2.75) is 19.3 Å². The van der Waals surface area contributed by atoms with Crippen molar-refractivity contribution in [2.24, 2.45) is 0 Å². The Labute approximate surface area is 168 Å². The predicted molar refractivity (Wildman–Crippen MR) is 114 cm³/mol. The standard InChI is InChI=1S/C26H20O3/c1-2-15-11-12-20-21(13-15)24(17-8-4-6-10-19(17)25(20)28)22-14-23(27)16-7-3-5-9-18(16)26(22)29/h3-14,24,27,29H,2H2,1H3. The summed E-state index contributed by atoms with van der Waals surface area (Å²) in [6.07, 6.45) is 0.852. The molecule has 0 amide bonds. The Kier molecular flexibility index (Phi) is 3.92. The van der Waals surface area contributed by atoms with Crippen LogP contribution >= 0.6 is 0 Å². The molecule has 3 nitrogen and oxygen atoms in total. The maximum atomic E-state index is 13.1. The van der Waals surface area contributed by atoms with Crippen molar-refractivity contribution in [3.63, 3.8) is 0 Å². The first kappa shape index (κ1) is 17.5. The SMILES string of the molecule is CCc1ccc2c(c1)C(c1cc(O)c3ccccc3c1O)c1ccccc1C2=O. The van der Waals surface area contributed by atoms with Gasteiger partial charge in [-0.2, -0.15) is 0 Å². The topological polar surface area (TPSA) is 57.5 Å². The van der Waals surface area contributed by atoms with E-state index in [1.54, 1.807) is 18.2 Å². The molecule has 5 rings (SSSR count). The van der Waals surface area contributed by atoms with Crippen LogP contribution in [-0.4, -0.2) is 16.0 Å². The summed E-state index contributed by atoms with van der Waals surface area (Å²) in [5.41, 5.74) is 4.75. The number of rotatable bonds is 2. The van der Waals surface area contributed by atoms with Crippen LogP contribution in [0, 0.1) is 0 Å². The second kappa shape index (κ2) is 6.49. The van der Waals surface area contributed by atoms with E-state index < -0.39 is 0 Å².